The van der Waals surface area contributed by atoms with Crippen LogP contribution in [0.3, 0.4) is 0 Å². The molecule has 7 nitrogen and oxygen atoms in total. The van der Waals surface area contributed by atoms with Crippen molar-refractivity contribution in [3.63, 3.8) is 0 Å². The first-order valence-corrected chi connectivity index (χ1v) is 6.81. The van der Waals surface area contributed by atoms with E-state index in [1.165, 1.54) is 12.1 Å². The Morgan fingerprint density at radius 3 is 2.91 bits per heavy atom. The van der Waals surface area contributed by atoms with Gasteiger partial charge in [0.2, 0.25) is 0 Å². The molecule has 22 heavy (non-hydrogen) atoms. The van der Waals surface area contributed by atoms with Gasteiger partial charge in [-0.2, -0.15) is 15.4 Å². The van der Waals surface area contributed by atoms with Crippen LogP contribution < -0.4 is 0 Å². The third-order valence-corrected chi connectivity index (χ3v) is 3.45. The molecule has 0 unspecified atom stereocenters. The number of rotatable bonds is 4. The van der Waals surface area contributed by atoms with Crippen molar-refractivity contribution in [2.24, 2.45) is 0 Å². The number of nitrogens with zero attached hydrogens (tertiary/aromatic N) is 4. The standard InChI is InChI=1S/C14H15FN6O/c1-8-13(19-20-18-8)14(22)21(2)6-5-12-16-10-4-3-9(15)7-11(10)17-12/h3-4,7H,5-6H2,1-2H3,(H,16,17)(H,18,19,20). The van der Waals surface area contributed by atoms with Crippen LogP contribution in [0.2, 0.25) is 0 Å². The molecule has 2 N–H and O–H groups in total. The van der Waals surface area contributed by atoms with Crippen LogP contribution in [0.4, 0.5) is 4.39 Å². The predicted molar refractivity (Wildman–Crippen MR) is 77.8 cm³/mol. The highest BCUT2D eigenvalue weighted by molar-refractivity contribution is 5.92. The molecule has 1 amide bonds. The van der Waals surface area contributed by atoms with Crippen molar-refractivity contribution in [1.29, 1.82) is 0 Å². The molecule has 3 aromatic rings. The number of benzene rings is 1. The van der Waals surface area contributed by atoms with Crippen LogP contribution in [0, 0.1) is 12.7 Å². The summed E-state index contributed by atoms with van der Waals surface area (Å²) >= 11 is 0. The Morgan fingerprint density at radius 2 is 2.18 bits per heavy atom. The number of aryl methyl sites for hydroxylation is 1. The maximum atomic E-state index is 13.1. The van der Waals surface area contributed by atoms with Crippen LogP contribution in [0.5, 0.6) is 0 Å². The summed E-state index contributed by atoms with van der Waals surface area (Å²) in [5, 5.41) is 10.1. The molecule has 2 heterocycles. The first-order chi connectivity index (χ1) is 10.5. The average molecular weight is 302 g/mol. The topological polar surface area (TPSA) is 90.6 Å². The minimum atomic E-state index is -0.309. The molecule has 0 radical (unpaired) electrons. The van der Waals surface area contributed by atoms with Gasteiger partial charge in [-0.15, -0.1) is 0 Å². The molecule has 0 spiro atoms. The number of fused-ring (bicyclic) bond motifs is 1. The minimum absolute atomic E-state index is 0.201. The third-order valence-electron chi connectivity index (χ3n) is 3.45. The Morgan fingerprint density at radius 1 is 1.36 bits per heavy atom. The van der Waals surface area contributed by atoms with E-state index in [-0.39, 0.29) is 11.7 Å². The smallest absolute Gasteiger partial charge is 0.276 e. The van der Waals surface area contributed by atoms with E-state index < -0.39 is 0 Å². The Hall–Kier alpha value is -2.77. The molecule has 0 saturated heterocycles. The normalized spacial score (nSPS) is 11.0. The van der Waals surface area contributed by atoms with Crippen LogP contribution in [0.1, 0.15) is 22.0 Å². The molecule has 0 aliphatic rings. The zero-order valence-corrected chi connectivity index (χ0v) is 12.2. The van der Waals surface area contributed by atoms with Crippen LogP contribution in [-0.4, -0.2) is 49.8 Å². The first-order valence-electron chi connectivity index (χ1n) is 6.81. The lowest BCUT2D eigenvalue weighted by atomic mass is 10.3. The zero-order chi connectivity index (χ0) is 15.7. The summed E-state index contributed by atoms with van der Waals surface area (Å²) in [6.45, 7) is 2.19. The van der Waals surface area contributed by atoms with Gasteiger partial charge in [-0.3, -0.25) is 4.79 Å². The zero-order valence-electron chi connectivity index (χ0n) is 12.2. The average Bonchev–Trinajstić information content (AvgIpc) is 3.09. The van der Waals surface area contributed by atoms with Gasteiger partial charge in [-0.1, -0.05) is 0 Å². The molecule has 1 aromatic carbocycles. The lowest BCUT2D eigenvalue weighted by molar-refractivity contribution is 0.0789. The van der Waals surface area contributed by atoms with Gasteiger partial charge in [0, 0.05) is 20.0 Å². The molecule has 2 aromatic heterocycles. The first kappa shape index (κ1) is 14.2. The monoisotopic (exact) mass is 302 g/mol. The molecule has 3 rings (SSSR count). The third kappa shape index (κ3) is 2.67. The van der Waals surface area contributed by atoms with Gasteiger partial charge < -0.3 is 9.88 Å². The molecular formula is C14H15FN6O. The van der Waals surface area contributed by atoms with E-state index in [4.69, 9.17) is 0 Å². The fourth-order valence-corrected chi connectivity index (χ4v) is 2.20. The molecular weight excluding hydrogens is 287 g/mol. The number of H-pyrrole nitrogens is 2. The van der Waals surface area contributed by atoms with Crippen molar-refractivity contribution < 1.29 is 9.18 Å². The van der Waals surface area contributed by atoms with Crippen molar-refractivity contribution in [1.82, 2.24) is 30.3 Å². The highest BCUT2D eigenvalue weighted by Crippen LogP contribution is 2.13. The van der Waals surface area contributed by atoms with Crippen LogP contribution in [0.25, 0.3) is 11.0 Å². The second-order valence-corrected chi connectivity index (χ2v) is 5.08. The van der Waals surface area contributed by atoms with Crippen molar-refractivity contribution in [2.45, 2.75) is 13.3 Å². The number of aromatic nitrogens is 5. The summed E-state index contributed by atoms with van der Waals surface area (Å²) in [5.41, 5.74) is 2.24. The second kappa shape index (κ2) is 5.55. The van der Waals surface area contributed by atoms with E-state index in [9.17, 15) is 9.18 Å². The summed E-state index contributed by atoms with van der Waals surface area (Å²) < 4.78 is 13.1. The molecule has 0 atom stereocenters. The lowest BCUT2D eigenvalue weighted by Crippen LogP contribution is -2.29. The van der Waals surface area contributed by atoms with Gasteiger partial charge >= 0.3 is 0 Å². The number of aromatic amines is 2. The number of hydrogen-bond donors (Lipinski definition) is 2. The number of carbonyl (C=O) groups excluding carboxylic acids is 1. The number of halogens is 1. The second-order valence-electron chi connectivity index (χ2n) is 5.08. The fourth-order valence-electron chi connectivity index (χ4n) is 2.20. The van der Waals surface area contributed by atoms with Gasteiger partial charge in [0.15, 0.2) is 5.69 Å². The minimum Gasteiger partial charge on any atom is -0.342 e. The molecule has 0 aliphatic heterocycles. The van der Waals surface area contributed by atoms with Crippen molar-refractivity contribution in [3.05, 3.63) is 41.2 Å². The molecule has 0 aliphatic carbocycles. The van der Waals surface area contributed by atoms with E-state index in [0.29, 0.717) is 41.2 Å². The fraction of sp³-hybridized carbons (Fsp3) is 0.286. The van der Waals surface area contributed by atoms with Crippen LogP contribution in [-0.2, 0) is 6.42 Å². The van der Waals surface area contributed by atoms with Crippen LogP contribution in [0.15, 0.2) is 18.2 Å². The molecule has 0 bridgehead atoms. The molecule has 0 saturated carbocycles. The Kier molecular flexibility index (Phi) is 3.58. The number of carbonyl (C=O) groups is 1. The summed E-state index contributed by atoms with van der Waals surface area (Å²) in [7, 11) is 1.69. The number of amides is 1. The predicted octanol–water partition coefficient (Wildman–Crippen LogP) is 1.44. The van der Waals surface area contributed by atoms with Crippen molar-refractivity contribution in [2.75, 3.05) is 13.6 Å². The maximum Gasteiger partial charge on any atom is 0.276 e. The molecule has 114 valence electrons. The van der Waals surface area contributed by atoms with Crippen LogP contribution >= 0.6 is 0 Å². The number of nitrogens with one attached hydrogen (secondary N) is 2. The summed E-state index contributed by atoms with van der Waals surface area (Å²) in [6, 6.07) is 4.40. The van der Waals surface area contributed by atoms with Gasteiger partial charge in [0.05, 0.1) is 16.7 Å². The summed E-state index contributed by atoms with van der Waals surface area (Å²) in [5.74, 6) is 0.196. The number of likely N-dealkylation sites (N-methyl/N-ethyl adjacent to an activating group) is 1. The Balaban J connectivity index is 1.68. The molecule has 0 fully saturated rings. The number of imidazole rings is 1. The Bertz CT molecular complexity index is 824. The number of hydrogen-bond acceptors (Lipinski definition) is 4. The van der Waals surface area contributed by atoms with E-state index >= 15 is 0 Å². The SMILES string of the molecule is Cc1n[nH]nc1C(=O)N(C)CCc1nc2ccc(F)cc2[nH]1. The Labute approximate surface area is 125 Å². The van der Waals surface area contributed by atoms with E-state index in [1.54, 1.807) is 24.9 Å². The lowest BCUT2D eigenvalue weighted by Gasteiger charge is -2.14. The van der Waals surface area contributed by atoms with Crippen molar-refractivity contribution >= 4 is 16.9 Å². The van der Waals surface area contributed by atoms with Gasteiger partial charge in [-0.25, -0.2) is 9.37 Å². The summed E-state index contributed by atoms with van der Waals surface area (Å²) in [4.78, 5) is 21.2. The summed E-state index contributed by atoms with van der Waals surface area (Å²) in [6.07, 6.45) is 0.537. The molecule has 8 heteroatoms. The van der Waals surface area contributed by atoms with Gasteiger partial charge in [-0.05, 0) is 25.1 Å². The van der Waals surface area contributed by atoms with E-state index in [0.717, 1.165) is 0 Å². The largest absolute Gasteiger partial charge is 0.342 e. The van der Waals surface area contributed by atoms with Crippen molar-refractivity contribution in [3.8, 4) is 0 Å². The highest BCUT2D eigenvalue weighted by Gasteiger charge is 2.18. The maximum absolute atomic E-state index is 13.1. The quantitative estimate of drug-likeness (QED) is 0.763. The van der Waals surface area contributed by atoms with Gasteiger partial charge in [0.25, 0.3) is 5.91 Å². The van der Waals surface area contributed by atoms with E-state index in [2.05, 4.69) is 25.4 Å². The highest BCUT2D eigenvalue weighted by atomic mass is 19.1. The van der Waals surface area contributed by atoms with Gasteiger partial charge in [0.1, 0.15) is 11.6 Å². The van der Waals surface area contributed by atoms with E-state index in [1.807, 2.05) is 0 Å².